The van der Waals surface area contributed by atoms with Gasteiger partial charge in [0.1, 0.15) is 0 Å². The van der Waals surface area contributed by atoms with Gasteiger partial charge in [-0.15, -0.1) is 0 Å². The SMILES string of the molecule is N#Cc1ccc(CC(=O)Nc2ccncc2)cc1. The summed E-state index contributed by atoms with van der Waals surface area (Å²) in [5.74, 6) is -0.0918. The first kappa shape index (κ1) is 11.8. The van der Waals surface area contributed by atoms with Crippen molar-refractivity contribution in [1.82, 2.24) is 4.98 Å². The van der Waals surface area contributed by atoms with Crippen LogP contribution in [0, 0.1) is 11.3 Å². The quantitative estimate of drug-likeness (QED) is 0.889. The van der Waals surface area contributed by atoms with Crippen LogP contribution in [-0.2, 0) is 11.2 Å². The van der Waals surface area contributed by atoms with E-state index in [9.17, 15) is 4.79 Å². The number of amides is 1. The minimum absolute atomic E-state index is 0.0918. The summed E-state index contributed by atoms with van der Waals surface area (Å²) in [5.41, 5.74) is 2.19. The predicted molar refractivity (Wildman–Crippen MR) is 67.7 cm³/mol. The average molecular weight is 237 g/mol. The van der Waals surface area contributed by atoms with Crippen molar-refractivity contribution in [2.45, 2.75) is 6.42 Å². The Kier molecular flexibility index (Phi) is 3.67. The minimum Gasteiger partial charge on any atom is -0.326 e. The molecule has 1 aromatic heterocycles. The van der Waals surface area contributed by atoms with Crippen LogP contribution in [0.2, 0.25) is 0 Å². The lowest BCUT2D eigenvalue weighted by Crippen LogP contribution is -2.14. The van der Waals surface area contributed by atoms with Gasteiger partial charge >= 0.3 is 0 Å². The minimum atomic E-state index is -0.0918. The van der Waals surface area contributed by atoms with Crippen molar-refractivity contribution in [2.75, 3.05) is 5.32 Å². The Morgan fingerprint density at radius 3 is 2.44 bits per heavy atom. The molecule has 0 unspecified atom stereocenters. The molecule has 0 saturated carbocycles. The fraction of sp³-hybridized carbons (Fsp3) is 0.0714. The van der Waals surface area contributed by atoms with Crippen molar-refractivity contribution in [1.29, 1.82) is 5.26 Å². The summed E-state index contributed by atoms with van der Waals surface area (Å²) in [5, 5.41) is 11.4. The van der Waals surface area contributed by atoms with Crippen molar-refractivity contribution < 1.29 is 4.79 Å². The zero-order valence-corrected chi connectivity index (χ0v) is 9.63. The normalized spacial score (nSPS) is 9.50. The molecule has 0 aliphatic rings. The summed E-state index contributed by atoms with van der Waals surface area (Å²) in [6.07, 6.45) is 3.53. The molecule has 0 bridgehead atoms. The van der Waals surface area contributed by atoms with Crippen LogP contribution in [0.15, 0.2) is 48.8 Å². The number of carbonyl (C=O) groups is 1. The standard InChI is InChI=1S/C14H11N3O/c15-10-12-3-1-11(2-4-12)9-14(18)17-13-5-7-16-8-6-13/h1-8H,9H2,(H,16,17,18). The number of aromatic nitrogens is 1. The van der Waals surface area contributed by atoms with E-state index in [1.165, 1.54) is 0 Å². The maximum atomic E-state index is 11.7. The van der Waals surface area contributed by atoms with E-state index in [-0.39, 0.29) is 12.3 Å². The van der Waals surface area contributed by atoms with Gasteiger partial charge in [0.2, 0.25) is 5.91 Å². The molecule has 0 atom stereocenters. The van der Waals surface area contributed by atoms with Gasteiger partial charge in [-0.05, 0) is 29.8 Å². The molecule has 88 valence electrons. The average Bonchev–Trinajstić information content (AvgIpc) is 2.40. The third-order valence-electron chi connectivity index (χ3n) is 2.41. The lowest BCUT2D eigenvalue weighted by atomic mass is 10.1. The number of benzene rings is 1. The van der Waals surface area contributed by atoms with Crippen molar-refractivity contribution in [3.05, 3.63) is 59.9 Å². The number of nitrogens with zero attached hydrogens (tertiary/aromatic N) is 2. The lowest BCUT2D eigenvalue weighted by Gasteiger charge is -2.04. The Morgan fingerprint density at radius 2 is 1.83 bits per heavy atom. The molecule has 2 rings (SSSR count). The van der Waals surface area contributed by atoms with Gasteiger partial charge in [-0.3, -0.25) is 9.78 Å². The zero-order valence-electron chi connectivity index (χ0n) is 9.63. The van der Waals surface area contributed by atoms with Gasteiger partial charge in [0.15, 0.2) is 0 Å². The second-order valence-corrected chi connectivity index (χ2v) is 3.77. The fourth-order valence-electron chi connectivity index (χ4n) is 1.52. The molecule has 4 heteroatoms. The topological polar surface area (TPSA) is 65.8 Å². The molecule has 4 nitrogen and oxygen atoms in total. The zero-order chi connectivity index (χ0) is 12.8. The summed E-state index contributed by atoms with van der Waals surface area (Å²) >= 11 is 0. The van der Waals surface area contributed by atoms with Gasteiger partial charge in [0.25, 0.3) is 0 Å². The molecule has 1 N–H and O–H groups in total. The maximum Gasteiger partial charge on any atom is 0.228 e. The number of hydrogen-bond donors (Lipinski definition) is 1. The highest BCUT2D eigenvalue weighted by molar-refractivity contribution is 5.92. The molecule has 2 aromatic rings. The summed E-state index contributed by atoms with van der Waals surface area (Å²) < 4.78 is 0. The smallest absolute Gasteiger partial charge is 0.228 e. The Hall–Kier alpha value is -2.67. The summed E-state index contributed by atoms with van der Waals surface area (Å²) in [7, 11) is 0. The highest BCUT2D eigenvalue weighted by atomic mass is 16.1. The number of anilines is 1. The monoisotopic (exact) mass is 237 g/mol. The molecule has 1 amide bonds. The van der Waals surface area contributed by atoms with Crippen LogP contribution in [0.4, 0.5) is 5.69 Å². The van der Waals surface area contributed by atoms with Crippen LogP contribution < -0.4 is 5.32 Å². The second-order valence-electron chi connectivity index (χ2n) is 3.77. The molecule has 18 heavy (non-hydrogen) atoms. The van der Waals surface area contributed by atoms with Crippen molar-refractivity contribution in [3.8, 4) is 6.07 Å². The van der Waals surface area contributed by atoms with E-state index >= 15 is 0 Å². The van der Waals surface area contributed by atoms with E-state index in [2.05, 4.69) is 10.3 Å². The van der Waals surface area contributed by atoms with Crippen molar-refractivity contribution in [2.24, 2.45) is 0 Å². The van der Waals surface area contributed by atoms with E-state index in [0.717, 1.165) is 11.3 Å². The van der Waals surface area contributed by atoms with Crippen LogP contribution in [-0.4, -0.2) is 10.9 Å². The lowest BCUT2D eigenvalue weighted by molar-refractivity contribution is -0.115. The summed E-state index contributed by atoms with van der Waals surface area (Å²) in [6, 6.07) is 12.5. The van der Waals surface area contributed by atoms with Gasteiger partial charge < -0.3 is 5.32 Å². The van der Waals surface area contributed by atoms with Gasteiger partial charge in [-0.1, -0.05) is 12.1 Å². The Morgan fingerprint density at radius 1 is 1.17 bits per heavy atom. The first-order valence-electron chi connectivity index (χ1n) is 5.47. The molecule has 1 heterocycles. The van der Waals surface area contributed by atoms with Gasteiger partial charge in [0, 0.05) is 18.1 Å². The molecule has 0 spiro atoms. The Bertz CT molecular complexity index is 570. The van der Waals surface area contributed by atoms with E-state index in [1.54, 1.807) is 48.8 Å². The summed E-state index contributed by atoms with van der Waals surface area (Å²) in [6.45, 7) is 0. The first-order valence-corrected chi connectivity index (χ1v) is 5.47. The first-order chi connectivity index (χ1) is 8.78. The number of nitriles is 1. The molecular weight excluding hydrogens is 226 g/mol. The highest BCUT2D eigenvalue weighted by Crippen LogP contribution is 2.07. The molecule has 0 aliphatic heterocycles. The molecule has 0 aliphatic carbocycles. The molecule has 0 fully saturated rings. The fourth-order valence-corrected chi connectivity index (χ4v) is 1.52. The van der Waals surface area contributed by atoms with E-state index in [0.29, 0.717) is 5.56 Å². The second kappa shape index (κ2) is 5.60. The Labute approximate surface area is 105 Å². The van der Waals surface area contributed by atoms with Crippen molar-refractivity contribution >= 4 is 11.6 Å². The van der Waals surface area contributed by atoms with Crippen molar-refractivity contribution in [3.63, 3.8) is 0 Å². The molecular formula is C14H11N3O. The predicted octanol–water partition coefficient (Wildman–Crippen LogP) is 2.13. The van der Waals surface area contributed by atoms with E-state index in [4.69, 9.17) is 5.26 Å². The highest BCUT2D eigenvalue weighted by Gasteiger charge is 2.03. The molecule has 0 radical (unpaired) electrons. The van der Waals surface area contributed by atoms with Gasteiger partial charge in [-0.25, -0.2) is 0 Å². The van der Waals surface area contributed by atoms with Crippen LogP contribution in [0.5, 0.6) is 0 Å². The number of rotatable bonds is 3. The van der Waals surface area contributed by atoms with Crippen LogP contribution in [0.3, 0.4) is 0 Å². The van der Waals surface area contributed by atoms with Crippen LogP contribution in [0.1, 0.15) is 11.1 Å². The van der Waals surface area contributed by atoms with Gasteiger partial charge in [-0.2, -0.15) is 5.26 Å². The number of pyridine rings is 1. The van der Waals surface area contributed by atoms with Crippen LogP contribution >= 0.6 is 0 Å². The third kappa shape index (κ3) is 3.16. The van der Waals surface area contributed by atoms with Crippen LogP contribution in [0.25, 0.3) is 0 Å². The molecule has 0 saturated heterocycles. The maximum absolute atomic E-state index is 11.7. The molecule has 1 aromatic carbocycles. The number of hydrogen-bond acceptors (Lipinski definition) is 3. The third-order valence-corrected chi connectivity index (χ3v) is 2.41. The van der Waals surface area contributed by atoms with Gasteiger partial charge in [0.05, 0.1) is 18.1 Å². The number of carbonyl (C=O) groups excluding carboxylic acids is 1. The summed E-state index contributed by atoms with van der Waals surface area (Å²) in [4.78, 5) is 15.6. The number of nitrogens with one attached hydrogen (secondary N) is 1. The Balaban J connectivity index is 1.97. The van der Waals surface area contributed by atoms with E-state index < -0.39 is 0 Å². The van der Waals surface area contributed by atoms with E-state index in [1.807, 2.05) is 6.07 Å². The largest absolute Gasteiger partial charge is 0.326 e.